The van der Waals surface area contributed by atoms with E-state index < -0.39 is 0 Å². The molecule has 10 aromatic rings. The summed E-state index contributed by atoms with van der Waals surface area (Å²) in [5.74, 6) is 0. The van der Waals surface area contributed by atoms with E-state index in [0.717, 1.165) is 0 Å². The molecule has 1 heterocycles. The third-order valence-electron chi connectivity index (χ3n) is 13.2. The Kier molecular flexibility index (Phi) is 6.16. The highest BCUT2D eigenvalue weighted by atomic mass is 32.1. The maximum Gasteiger partial charge on any atom is 0.0443 e. The average Bonchev–Trinajstić information content (AvgIpc) is 3.80. The lowest BCUT2D eigenvalue weighted by Crippen LogP contribution is -2.16. The summed E-state index contributed by atoms with van der Waals surface area (Å²) in [6.07, 6.45) is 0. The van der Waals surface area contributed by atoms with Gasteiger partial charge in [0.05, 0.1) is 0 Å². The van der Waals surface area contributed by atoms with Crippen LogP contribution in [0.1, 0.15) is 49.9 Å². The predicted molar refractivity (Wildman–Crippen MR) is 238 cm³/mol. The molecule has 0 bridgehead atoms. The zero-order chi connectivity index (χ0) is 36.8. The second-order valence-electron chi connectivity index (χ2n) is 16.7. The lowest BCUT2D eigenvalue weighted by molar-refractivity contribution is 0.662. The Morgan fingerprint density at radius 3 is 1.64 bits per heavy atom. The van der Waals surface area contributed by atoms with E-state index in [0.29, 0.717) is 0 Å². The van der Waals surface area contributed by atoms with E-state index >= 15 is 0 Å². The molecule has 0 amide bonds. The summed E-state index contributed by atoms with van der Waals surface area (Å²) >= 11 is 1.95. The van der Waals surface area contributed by atoms with Crippen molar-refractivity contribution in [2.45, 2.75) is 38.5 Å². The van der Waals surface area contributed by atoms with Gasteiger partial charge in [-0.25, -0.2) is 0 Å². The second kappa shape index (κ2) is 10.8. The molecule has 260 valence electrons. The van der Waals surface area contributed by atoms with E-state index in [1.165, 1.54) is 119 Å². The van der Waals surface area contributed by atoms with Crippen molar-refractivity contribution in [3.8, 4) is 44.5 Å². The van der Waals surface area contributed by atoms with Crippen molar-refractivity contribution in [1.82, 2.24) is 0 Å². The standard InChI is InChI=1S/C54H38S/c1-53(2)43-26-13-11-16-32(43)38-24-15-25-42(50(38)53)47-35-19-7-5-17-33(35)46(34-18-6-8-20-36(34)47)31-28-29-40-44(30-31)54(3,4)51-39-22-10-9-21-37(39)48-41-23-12-14-27-45(41)55-52(48)49(40)51/h5-30H,1-4H3. The van der Waals surface area contributed by atoms with Gasteiger partial charge in [0.15, 0.2) is 0 Å². The van der Waals surface area contributed by atoms with Crippen LogP contribution in [0.15, 0.2) is 158 Å². The molecular weight excluding hydrogens is 681 g/mol. The van der Waals surface area contributed by atoms with Crippen LogP contribution < -0.4 is 0 Å². The maximum absolute atomic E-state index is 2.54. The molecule has 0 fully saturated rings. The van der Waals surface area contributed by atoms with E-state index in [9.17, 15) is 0 Å². The SMILES string of the molecule is CC1(C)c2ccccc2-c2cccc(-c3c4ccccc4c(-c4ccc5c(c4)C(C)(C)c4c-5c5sc6ccccc6c5c5ccccc45)c4ccccc34)c21. The van der Waals surface area contributed by atoms with Crippen molar-refractivity contribution in [1.29, 1.82) is 0 Å². The third kappa shape index (κ3) is 3.96. The zero-order valence-corrected chi connectivity index (χ0v) is 32.2. The lowest BCUT2D eigenvalue weighted by atomic mass is 9.76. The number of hydrogen-bond donors (Lipinski definition) is 0. The van der Waals surface area contributed by atoms with Gasteiger partial charge in [-0.1, -0.05) is 173 Å². The van der Waals surface area contributed by atoms with Crippen LogP contribution in [-0.4, -0.2) is 0 Å². The van der Waals surface area contributed by atoms with Gasteiger partial charge in [0.25, 0.3) is 0 Å². The van der Waals surface area contributed by atoms with Gasteiger partial charge in [-0.3, -0.25) is 0 Å². The van der Waals surface area contributed by atoms with Crippen LogP contribution in [-0.2, 0) is 10.8 Å². The van der Waals surface area contributed by atoms with E-state index in [1.54, 1.807) is 0 Å². The first kappa shape index (κ1) is 31.3. The predicted octanol–water partition coefficient (Wildman–Crippen LogP) is 15.5. The molecule has 1 aromatic heterocycles. The molecule has 9 aromatic carbocycles. The third-order valence-corrected chi connectivity index (χ3v) is 14.4. The van der Waals surface area contributed by atoms with E-state index in [-0.39, 0.29) is 10.8 Å². The van der Waals surface area contributed by atoms with Gasteiger partial charge in [-0.2, -0.15) is 0 Å². The number of fused-ring (bicyclic) bond motifs is 15. The zero-order valence-electron chi connectivity index (χ0n) is 31.4. The van der Waals surface area contributed by atoms with Gasteiger partial charge in [0, 0.05) is 36.6 Å². The van der Waals surface area contributed by atoms with Crippen LogP contribution in [0.25, 0.3) is 97.0 Å². The maximum atomic E-state index is 2.54. The van der Waals surface area contributed by atoms with Gasteiger partial charge in [0.1, 0.15) is 0 Å². The first-order valence-corrected chi connectivity index (χ1v) is 20.3. The van der Waals surface area contributed by atoms with Crippen molar-refractivity contribution in [3.05, 3.63) is 180 Å². The van der Waals surface area contributed by atoms with Crippen LogP contribution in [0.5, 0.6) is 0 Å². The monoisotopic (exact) mass is 718 g/mol. The molecule has 0 atom stereocenters. The van der Waals surface area contributed by atoms with Crippen LogP contribution in [0.3, 0.4) is 0 Å². The Hall–Kier alpha value is -6.02. The number of benzene rings is 9. The quantitative estimate of drug-likeness (QED) is 0.156. The van der Waals surface area contributed by atoms with Crippen molar-refractivity contribution in [2.24, 2.45) is 0 Å². The molecule has 0 saturated heterocycles. The molecule has 55 heavy (non-hydrogen) atoms. The van der Waals surface area contributed by atoms with Crippen LogP contribution >= 0.6 is 11.3 Å². The van der Waals surface area contributed by atoms with Crippen LogP contribution in [0.4, 0.5) is 0 Å². The van der Waals surface area contributed by atoms with Crippen molar-refractivity contribution in [3.63, 3.8) is 0 Å². The molecule has 0 unspecified atom stereocenters. The molecule has 1 heteroatoms. The van der Waals surface area contributed by atoms with E-state index in [4.69, 9.17) is 0 Å². The summed E-state index contributed by atoms with van der Waals surface area (Å²) in [7, 11) is 0. The van der Waals surface area contributed by atoms with E-state index in [1.807, 2.05) is 11.3 Å². The Morgan fingerprint density at radius 1 is 0.364 bits per heavy atom. The van der Waals surface area contributed by atoms with Gasteiger partial charge in [0.2, 0.25) is 0 Å². The van der Waals surface area contributed by atoms with Crippen LogP contribution in [0.2, 0.25) is 0 Å². The number of hydrogen-bond acceptors (Lipinski definition) is 1. The second-order valence-corrected chi connectivity index (χ2v) is 17.8. The lowest BCUT2D eigenvalue weighted by Gasteiger charge is -2.26. The Balaban J connectivity index is 1.14. The largest absolute Gasteiger partial charge is 0.134 e. The minimum atomic E-state index is -0.179. The van der Waals surface area contributed by atoms with Crippen molar-refractivity contribution < 1.29 is 0 Å². The fourth-order valence-electron chi connectivity index (χ4n) is 10.9. The highest BCUT2D eigenvalue weighted by Crippen LogP contribution is 2.59. The smallest absolute Gasteiger partial charge is 0.0443 e. The van der Waals surface area contributed by atoms with Crippen molar-refractivity contribution >= 4 is 63.8 Å². The highest BCUT2D eigenvalue weighted by molar-refractivity contribution is 7.26. The van der Waals surface area contributed by atoms with Gasteiger partial charge in [-0.05, 0) is 106 Å². The first-order chi connectivity index (χ1) is 26.8. The van der Waals surface area contributed by atoms with Crippen LogP contribution in [0, 0.1) is 0 Å². The Bertz CT molecular complexity index is 3260. The minimum Gasteiger partial charge on any atom is -0.134 e. The fraction of sp³-hybridized carbons (Fsp3) is 0.111. The summed E-state index contributed by atoms with van der Waals surface area (Å²) in [5.41, 5.74) is 16.2. The number of thiophene rings is 1. The molecule has 0 nitrogen and oxygen atoms in total. The molecule has 0 N–H and O–H groups in total. The fourth-order valence-corrected chi connectivity index (χ4v) is 12.2. The summed E-state index contributed by atoms with van der Waals surface area (Å²) < 4.78 is 2.77. The first-order valence-electron chi connectivity index (χ1n) is 19.5. The van der Waals surface area contributed by atoms with Gasteiger partial charge in [-0.15, -0.1) is 11.3 Å². The molecule has 12 rings (SSSR count). The van der Waals surface area contributed by atoms with Crippen molar-refractivity contribution in [2.75, 3.05) is 0 Å². The topological polar surface area (TPSA) is 0 Å². The Labute approximate surface area is 325 Å². The molecule has 0 saturated carbocycles. The molecular formula is C54H38S. The van der Waals surface area contributed by atoms with Gasteiger partial charge < -0.3 is 0 Å². The average molecular weight is 719 g/mol. The normalized spacial score (nSPS) is 14.8. The van der Waals surface area contributed by atoms with Gasteiger partial charge >= 0.3 is 0 Å². The summed E-state index contributed by atoms with van der Waals surface area (Å²) in [6.45, 7) is 9.70. The summed E-state index contributed by atoms with van der Waals surface area (Å²) in [6, 6.07) is 59.7. The molecule has 0 radical (unpaired) electrons. The Morgan fingerprint density at radius 2 is 0.909 bits per heavy atom. The highest BCUT2D eigenvalue weighted by Gasteiger charge is 2.40. The minimum absolute atomic E-state index is 0.117. The number of rotatable bonds is 2. The molecule has 0 spiro atoms. The molecule has 0 aliphatic heterocycles. The molecule has 2 aliphatic carbocycles. The molecule has 2 aliphatic rings. The van der Waals surface area contributed by atoms with E-state index in [2.05, 4.69) is 185 Å². The summed E-state index contributed by atoms with van der Waals surface area (Å²) in [4.78, 5) is 0. The summed E-state index contributed by atoms with van der Waals surface area (Å²) in [5, 5.41) is 10.7.